The van der Waals surface area contributed by atoms with Gasteiger partial charge < -0.3 is 9.47 Å². The molecular weight excluding hydrogens is 238 g/mol. The van der Waals surface area contributed by atoms with Crippen LogP contribution in [0.3, 0.4) is 0 Å². The summed E-state index contributed by atoms with van der Waals surface area (Å²) in [5, 5.41) is 8.91. The molecule has 19 heavy (non-hydrogen) atoms. The van der Waals surface area contributed by atoms with Crippen molar-refractivity contribution in [1.82, 2.24) is 24.6 Å². The van der Waals surface area contributed by atoms with Crippen molar-refractivity contribution in [1.29, 1.82) is 0 Å². The molecule has 3 heterocycles. The van der Waals surface area contributed by atoms with Crippen molar-refractivity contribution in [2.24, 2.45) is 7.05 Å². The number of hydrogen-bond acceptors (Lipinski definition) is 4. The van der Waals surface area contributed by atoms with Gasteiger partial charge in [0.15, 0.2) is 0 Å². The van der Waals surface area contributed by atoms with Gasteiger partial charge in [-0.2, -0.15) is 0 Å². The van der Waals surface area contributed by atoms with E-state index in [1.807, 2.05) is 0 Å². The van der Waals surface area contributed by atoms with Crippen molar-refractivity contribution < 1.29 is 0 Å². The zero-order valence-electron chi connectivity index (χ0n) is 12.2. The van der Waals surface area contributed by atoms with Gasteiger partial charge in [0.25, 0.3) is 0 Å². The topological polar surface area (TPSA) is 37.2 Å². The highest BCUT2D eigenvalue weighted by Gasteiger charge is 2.24. The number of rotatable bonds is 3. The van der Waals surface area contributed by atoms with E-state index in [0.717, 1.165) is 12.4 Å². The molecule has 0 saturated carbocycles. The van der Waals surface area contributed by atoms with Crippen LogP contribution in [0.15, 0.2) is 0 Å². The van der Waals surface area contributed by atoms with Gasteiger partial charge in [-0.1, -0.05) is 0 Å². The Labute approximate surface area is 115 Å². The Kier molecular flexibility index (Phi) is 3.84. The Morgan fingerprint density at radius 3 is 2.37 bits per heavy atom. The molecule has 0 bridgehead atoms. The van der Waals surface area contributed by atoms with Crippen LogP contribution in [-0.2, 0) is 13.6 Å². The zero-order chi connectivity index (χ0) is 13.2. The van der Waals surface area contributed by atoms with Gasteiger partial charge >= 0.3 is 0 Å². The van der Waals surface area contributed by atoms with Crippen molar-refractivity contribution in [3.63, 3.8) is 0 Å². The maximum atomic E-state index is 4.47. The second-order valence-electron chi connectivity index (χ2n) is 6.09. The first kappa shape index (κ1) is 13.1. The molecule has 0 radical (unpaired) electrons. The first-order valence-electron chi connectivity index (χ1n) is 7.53. The van der Waals surface area contributed by atoms with Gasteiger partial charge in [0, 0.05) is 13.0 Å². The lowest BCUT2D eigenvalue weighted by Gasteiger charge is -2.28. The summed E-state index contributed by atoms with van der Waals surface area (Å²) in [6, 6.07) is 0. The molecule has 0 aromatic carbocycles. The highest BCUT2D eigenvalue weighted by molar-refractivity contribution is 5.03. The molecule has 2 saturated heterocycles. The quantitative estimate of drug-likeness (QED) is 0.822. The Hall–Kier alpha value is -0.940. The Balaban J connectivity index is 1.67. The zero-order valence-corrected chi connectivity index (χ0v) is 12.2. The van der Waals surface area contributed by atoms with Gasteiger partial charge in [-0.15, -0.1) is 10.2 Å². The van der Waals surface area contributed by atoms with Crippen molar-refractivity contribution in [3.05, 3.63) is 11.6 Å². The molecule has 5 nitrogen and oxygen atoms in total. The van der Waals surface area contributed by atoms with Crippen LogP contribution in [0, 0.1) is 0 Å². The van der Waals surface area contributed by atoms with Crippen molar-refractivity contribution in [2.45, 2.75) is 38.1 Å². The third-order valence-corrected chi connectivity index (χ3v) is 4.65. The molecule has 2 aliphatic heterocycles. The fourth-order valence-electron chi connectivity index (χ4n) is 3.28. The SMILES string of the molecule is CN1CCC(c2nnc(CN3CCCC3)n2C)CC1. The molecule has 0 spiro atoms. The van der Waals surface area contributed by atoms with E-state index in [1.54, 1.807) is 0 Å². The molecule has 2 fully saturated rings. The van der Waals surface area contributed by atoms with Gasteiger partial charge in [0.05, 0.1) is 6.54 Å². The molecule has 0 N–H and O–H groups in total. The monoisotopic (exact) mass is 263 g/mol. The third kappa shape index (κ3) is 2.82. The smallest absolute Gasteiger partial charge is 0.146 e. The summed E-state index contributed by atoms with van der Waals surface area (Å²) in [5.41, 5.74) is 0. The molecule has 106 valence electrons. The summed E-state index contributed by atoms with van der Waals surface area (Å²) in [5.74, 6) is 2.93. The minimum atomic E-state index is 0.598. The second-order valence-corrected chi connectivity index (χ2v) is 6.09. The highest BCUT2D eigenvalue weighted by atomic mass is 15.3. The fourth-order valence-corrected chi connectivity index (χ4v) is 3.28. The fraction of sp³-hybridized carbons (Fsp3) is 0.857. The van der Waals surface area contributed by atoms with Gasteiger partial charge in [0.1, 0.15) is 11.6 Å². The highest BCUT2D eigenvalue weighted by Crippen LogP contribution is 2.26. The average molecular weight is 263 g/mol. The van der Waals surface area contributed by atoms with Crippen LogP contribution >= 0.6 is 0 Å². The normalized spacial score (nSPS) is 23.3. The van der Waals surface area contributed by atoms with E-state index in [4.69, 9.17) is 0 Å². The molecule has 0 aliphatic carbocycles. The molecule has 1 aromatic heterocycles. The van der Waals surface area contributed by atoms with Crippen LogP contribution in [-0.4, -0.2) is 57.8 Å². The number of hydrogen-bond donors (Lipinski definition) is 0. The van der Waals surface area contributed by atoms with Crippen molar-refractivity contribution in [3.8, 4) is 0 Å². The predicted molar refractivity (Wildman–Crippen MR) is 75.0 cm³/mol. The second kappa shape index (κ2) is 5.59. The van der Waals surface area contributed by atoms with Crippen molar-refractivity contribution >= 4 is 0 Å². The largest absolute Gasteiger partial charge is 0.317 e. The first-order valence-corrected chi connectivity index (χ1v) is 7.53. The number of aromatic nitrogens is 3. The summed E-state index contributed by atoms with van der Waals surface area (Å²) in [4.78, 5) is 4.89. The average Bonchev–Trinajstić information content (AvgIpc) is 3.03. The lowest BCUT2D eigenvalue weighted by Crippen LogP contribution is -2.30. The maximum Gasteiger partial charge on any atom is 0.146 e. The molecule has 3 rings (SSSR count). The van der Waals surface area contributed by atoms with Crippen LogP contribution in [0.25, 0.3) is 0 Å². The summed E-state index contributed by atoms with van der Waals surface area (Å²) < 4.78 is 2.24. The molecule has 0 amide bonds. The van der Waals surface area contributed by atoms with E-state index in [9.17, 15) is 0 Å². The number of nitrogens with zero attached hydrogens (tertiary/aromatic N) is 5. The minimum absolute atomic E-state index is 0.598. The van der Waals surface area contributed by atoms with E-state index in [-0.39, 0.29) is 0 Å². The van der Waals surface area contributed by atoms with E-state index in [2.05, 4.69) is 38.7 Å². The van der Waals surface area contributed by atoms with Gasteiger partial charge in [-0.05, 0) is 58.9 Å². The lowest BCUT2D eigenvalue weighted by molar-refractivity contribution is 0.248. The Morgan fingerprint density at radius 2 is 1.68 bits per heavy atom. The predicted octanol–water partition coefficient (Wildman–Crippen LogP) is 1.22. The minimum Gasteiger partial charge on any atom is -0.317 e. The Bertz CT molecular complexity index is 413. The summed E-state index contributed by atoms with van der Waals surface area (Å²) in [6.07, 6.45) is 5.09. The standard InChI is InChI=1S/C14H25N5/c1-17-9-5-12(6-10-17)14-16-15-13(18(14)2)11-19-7-3-4-8-19/h12H,3-11H2,1-2H3. The molecule has 1 aromatic rings. The van der Waals surface area contributed by atoms with Gasteiger partial charge in [-0.25, -0.2) is 0 Å². The number of likely N-dealkylation sites (tertiary alicyclic amines) is 2. The van der Waals surface area contributed by atoms with Crippen LogP contribution in [0.1, 0.15) is 43.3 Å². The van der Waals surface area contributed by atoms with E-state index < -0.39 is 0 Å². The number of piperidine rings is 1. The third-order valence-electron chi connectivity index (χ3n) is 4.65. The van der Waals surface area contributed by atoms with Gasteiger partial charge in [-0.3, -0.25) is 4.90 Å². The summed E-state index contributed by atoms with van der Waals surface area (Å²) >= 11 is 0. The molecule has 0 unspecified atom stereocenters. The summed E-state index contributed by atoms with van der Waals surface area (Å²) in [6.45, 7) is 5.76. The van der Waals surface area contributed by atoms with E-state index in [1.165, 1.54) is 57.7 Å². The molecular formula is C14H25N5. The van der Waals surface area contributed by atoms with Crippen LogP contribution in [0.5, 0.6) is 0 Å². The van der Waals surface area contributed by atoms with Crippen LogP contribution in [0.4, 0.5) is 0 Å². The van der Waals surface area contributed by atoms with E-state index in [0.29, 0.717) is 5.92 Å². The molecule has 5 heteroatoms. The maximum absolute atomic E-state index is 4.47. The lowest BCUT2D eigenvalue weighted by atomic mass is 9.96. The van der Waals surface area contributed by atoms with Crippen molar-refractivity contribution in [2.75, 3.05) is 33.2 Å². The molecule has 0 atom stereocenters. The van der Waals surface area contributed by atoms with Crippen LogP contribution in [0.2, 0.25) is 0 Å². The molecule has 2 aliphatic rings. The van der Waals surface area contributed by atoms with E-state index >= 15 is 0 Å². The van der Waals surface area contributed by atoms with Crippen LogP contribution < -0.4 is 0 Å². The summed E-state index contributed by atoms with van der Waals surface area (Å²) in [7, 11) is 4.34. The first-order chi connectivity index (χ1) is 9.24. The van der Waals surface area contributed by atoms with Gasteiger partial charge in [0.2, 0.25) is 0 Å². The Morgan fingerprint density at radius 1 is 1.00 bits per heavy atom.